The van der Waals surface area contributed by atoms with E-state index in [2.05, 4.69) is 19.0 Å². The molecule has 0 bridgehead atoms. The van der Waals surface area contributed by atoms with Crippen LogP contribution in [0.2, 0.25) is 0 Å². The lowest BCUT2D eigenvalue weighted by molar-refractivity contribution is 0.0362. The van der Waals surface area contributed by atoms with Gasteiger partial charge in [-0.15, -0.1) is 0 Å². The van der Waals surface area contributed by atoms with Crippen molar-refractivity contribution in [3.05, 3.63) is 35.4 Å². The van der Waals surface area contributed by atoms with Gasteiger partial charge in [-0.05, 0) is 46.0 Å². The smallest absolute Gasteiger partial charge is 0.339 e. The second-order valence-electron chi connectivity index (χ2n) is 4.78. The predicted octanol–water partition coefficient (Wildman–Crippen LogP) is 2.63. The highest BCUT2D eigenvalue weighted by Gasteiger charge is 2.29. The summed E-state index contributed by atoms with van der Waals surface area (Å²) in [5, 5.41) is 0. The first-order chi connectivity index (χ1) is 8.18. The molecule has 3 heteroatoms. The molecule has 92 valence electrons. The first-order valence-electron chi connectivity index (χ1n) is 6.13. The number of rotatable bonds is 5. The van der Waals surface area contributed by atoms with Gasteiger partial charge in [-0.1, -0.05) is 18.2 Å². The summed E-state index contributed by atoms with van der Waals surface area (Å²) in [6.45, 7) is 1.09. The molecule has 0 amide bonds. The molecule has 0 saturated heterocycles. The fourth-order valence-corrected chi connectivity index (χ4v) is 2.19. The molecule has 0 aromatic heterocycles. The van der Waals surface area contributed by atoms with Gasteiger partial charge in [0.15, 0.2) is 0 Å². The third kappa shape index (κ3) is 2.86. The van der Waals surface area contributed by atoms with Gasteiger partial charge in [-0.3, -0.25) is 0 Å². The van der Waals surface area contributed by atoms with E-state index in [1.807, 2.05) is 24.3 Å². The maximum atomic E-state index is 11.6. The molecule has 0 N–H and O–H groups in total. The third-order valence-corrected chi connectivity index (χ3v) is 3.10. The van der Waals surface area contributed by atoms with E-state index >= 15 is 0 Å². The molecule has 0 radical (unpaired) electrons. The molecule has 0 fully saturated rings. The fourth-order valence-electron chi connectivity index (χ4n) is 2.19. The third-order valence-electron chi connectivity index (χ3n) is 3.10. The first-order valence-corrected chi connectivity index (χ1v) is 6.13. The fraction of sp³-hybridized carbons (Fsp3) is 0.500. The number of carbonyl (C=O) groups is 1. The van der Waals surface area contributed by atoms with Gasteiger partial charge in [0, 0.05) is 5.56 Å². The Bertz CT molecular complexity index is 401. The monoisotopic (exact) mass is 233 g/mol. The van der Waals surface area contributed by atoms with E-state index < -0.39 is 0 Å². The second-order valence-corrected chi connectivity index (χ2v) is 4.78. The van der Waals surface area contributed by atoms with Crippen molar-refractivity contribution in [3.8, 4) is 0 Å². The van der Waals surface area contributed by atoms with Crippen LogP contribution in [0.25, 0.3) is 0 Å². The number of cyclic esters (lactones) is 1. The lowest BCUT2D eigenvalue weighted by atomic mass is 10.0. The lowest BCUT2D eigenvalue weighted by Crippen LogP contribution is -2.13. The summed E-state index contributed by atoms with van der Waals surface area (Å²) in [4.78, 5) is 13.8. The van der Waals surface area contributed by atoms with Gasteiger partial charge in [-0.25, -0.2) is 4.79 Å². The van der Waals surface area contributed by atoms with Crippen LogP contribution in [0.5, 0.6) is 0 Å². The minimum Gasteiger partial charge on any atom is -0.454 e. The zero-order valence-corrected chi connectivity index (χ0v) is 10.5. The number of ether oxygens (including phenoxy) is 1. The highest BCUT2D eigenvalue weighted by Crippen LogP contribution is 2.33. The SMILES string of the molecule is CN(C)CCCCC1OC(=O)c2ccccc21. The summed E-state index contributed by atoms with van der Waals surface area (Å²) in [6, 6.07) is 7.69. The van der Waals surface area contributed by atoms with Gasteiger partial charge in [0.05, 0.1) is 5.56 Å². The normalized spacial score (nSPS) is 18.3. The van der Waals surface area contributed by atoms with Gasteiger partial charge in [0.1, 0.15) is 6.10 Å². The van der Waals surface area contributed by atoms with Crippen molar-refractivity contribution in [3.63, 3.8) is 0 Å². The van der Waals surface area contributed by atoms with Crippen LogP contribution in [0.1, 0.15) is 41.3 Å². The molecule has 17 heavy (non-hydrogen) atoms. The lowest BCUT2D eigenvalue weighted by Gasteiger charge is -2.12. The zero-order valence-electron chi connectivity index (χ0n) is 10.5. The van der Waals surface area contributed by atoms with Crippen LogP contribution in [0.4, 0.5) is 0 Å². The maximum Gasteiger partial charge on any atom is 0.339 e. The van der Waals surface area contributed by atoms with Gasteiger partial charge >= 0.3 is 5.97 Å². The Morgan fingerprint density at radius 2 is 2.00 bits per heavy atom. The number of hydrogen-bond acceptors (Lipinski definition) is 3. The van der Waals surface area contributed by atoms with Crippen LogP contribution in [-0.4, -0.2) is 31.5 Å². The molecule has 1 aliphatic heterocycles. The first kappa shape index (κ1) is 12.1. The molecule has 0 spiro atoms. The van der Waals surface area contributed by atoms with E-state index in [0.717, 1.165) is 36.9 Å². The van der Waals surface area contributed by atoms with E-state index in [1.165, 1.54) is 0 Å². The molecule has 1 aromatic rings. The van der Waals surface area contributed by atoms with E-state index in [1.54, 1.807) is 0 Å². The van der Waals surface area contributed by atoms with Crippen LogP contribution in [0.3, 0.4) is 0 Å². The second kappa shape index (κ2) is 5.32. The minimum atomic E-state index is -0.168. The Kier molecular flexibility index (Phi) is 3.79. The van der Waals surface area contributed by atoms with Gasteiger partial charge in [0.2, 0.25) is 0 Å². The van der Waals surface area contributed by atoms with E-state index in [9.17, 15) is 4.79 Å². The quantitative estimate of drug-likeness (QED) is 0.578. The molecule has 0 aliphatic carbocycles. The van der Waals surface area contributed by atoms with Crippen molar-refractivity contribution in [2.45, 2.75) is 25.4 Å². The Labute approximate surface area is 102 Å². The molecule has 1 aliphatic rings. The number of benzene rings is 1. The van der Waals surface area contributed by atoms with Gasteiger partial charge < -0.3 is 9.64 Å². The highest BCUT2D eigenvalue weighted by atomic mass is 16.5. The number of carbonyl (C=O) groups excluding carboxylic acids is 1. The summed E-state index contributed by atoms with van der Waals surface area (Å²) in [7, 11) is 4.15. The average Bonchev–Trinajstić information content (AvgIpc) is 2.63. The number of fused-ring (bicyclic) bond motifs is 1. The Morgan fingerprint density at radius 1 is 1.24 bits per heavy atom. The zero-order chi connectivity index (χ0) is 12.3. The number of hydrogen-bond donors (Lipinski definition) is 0. The average molecular weight is 233 g/mol. The highest BCUT2D eigenvalue weighted by molar-refractivity contribution is 5.93. The Balaban J connectivity index is 1.90. The molecule has 0 saturated carbocycles. The van der Waals surface area contributed by atoms with Crippen LogP contribution in [0, 0.1) is 0 Å². The number of esters is 1. The topological polar surface area (TPSA) is 29.5 Å². The summed E-state index contributed by atoms with van der Waals surface area (Å²) in [5.41, 5.74) is 1.80. The molecule has 1 aromatic carbocycles. The van der Waals surface area contributed by atoms with Gasteiger partial charge in [0.25, 0.3) is 0 Å². The molecular formula is C14H19NO2. The van der Waals surface area contributed by atoms with Crippen LogP contribution in [0.15, 0.2) is 24.3 Å². The minimum absolute atomic E-state index is 0.0270. The van der Waals surface area contributed by atoms with Crippen LogP contribution < -0.4 is 0 Å². The van der Waals surface area contributed by atoms with Crippen molar-refractivity contribution >= 4 is 5.97 Å². The summed E-state index contributed by atoms with van der Waals surface area (Å²) < 4.78 is 5.39. The van der Waals surface area contributed by atoms with Crippen molar-refractivity contribution in [1.82, 2.24) is 4.90 Å². The summed E-state index contributed by atoms with van der Waals surface area (Å²) in [6.07, 6.45) is 3.13. The summed E-state index contributed by atoms with van der Waals surface area (Å²) >= 11 is 0. The molecular weight excluding hydrogens is 214 g/mol. The Hall–Kier alpha value is -1.35. The van der Waals surface area contributed by atoms with Crippen molar-refractivity contribution < 1.29 is 9.53 Å². The van der Waals surface area contributed by atoms with Crippen molar-refractivity contribution in [2.75, 3.05) is 20.6 Å². The molecule has 3 nitrogen and oxygen atoms in total. The molecule has 1 heterocycles. The number of unbranched alkanes of at least 4 members (excludes halogenated alkanes) is 1. The van der Waals surface area contributed by atoms with E-state index in [0.29, 0.717) is 0 Å². The standard InChI is InChI=1S/C14H19NO2/c1-15(2)10-6-5-9-13-11-7-3-4-8-12(11)14(16)17-13/h3-4,7-8,13H,5-6,9-10H2,1-2H3. The largest absolute Gasteiger partial charge is 0.454 e. The van der Waals surface area contributed by atoms with Crippen molar-refractivity contribution in [1.29, 1.82) is 0 Å². The van der Waals surface area contributed by atoms with E-state index in [4.69, 9.17) is 4.74 Å². The predicted molar refractivity (Wildman–Crippen MR) is 67.0 cm³/mol. The Morgan fingerprint density at radius 3 is 2.76 bits per heavy atom. The van der Waals surface area contributed by atoms with E-state index in [-0.39, 0.29) is 12.1 Å². The number of nitrogens with zero attached hydrogens (tertiary/aromatic N) is 1. The van der Waals surface area contributed by atoms with Crippen LogP contribution >= 0.6 is 0 Å². The maximum absolute atomic E-state index is 11.6. The molecule has 2 rings (SSSR count). The summed E-state index contributed by atoms with van der Waals surface area (Å²) in [5.74, 6) is -0.168. The molecule has 1 atom stereocenters. The van der Waals surface area contributed by atoms with Gasteiger partial charge in [-0.2, -0.15) is 0 Å². The van der Waals surface area contributed by atoms with Crippen molar-refractivity contribution in [2.24, 2.45) is 0 Å². The molecule has 1 unspecified atom stereocenters. The van der Waals surface area contributed by atoms with Crippen LogP contribution in [-0.2, 0) is 4.74 Å².